The topological polar surface area (TPSA) is 58.1 Å². The number of ether oxygens (including phenoxy) is 2. The number of rotatable bonds is 6. The molecule has 5 rings (SSSR count). The summed E-state index contributed by atoms with van der Waals surface area (Å²) in [5.74, 6) is 2.61. The molecular formula is C28H32N4O3. The minimum atomic E-state index is -0.0153. The summed E-state index contributed by atoms with van der Waals surface area (Å²) in [6.07, 6.45) is 2.68. The molecular weight excluding hydrogens is 440 g/mol. The Morgan fingerprint density at radius 2 is 1.63 bits per heavy atom. The molecule has 0 bridgehead atoms. The van der Waals surface area contributed by atoms with Crippen molar-refractivity contribution in [2.24, 2.45) is 0 Å². The Morgan fingerprint density at radius 3 is 2.31 bits per heavy atom. The van der Waals surface area contributed by atoms with Crippen molar-refractivity contribution >= 4 is 11.7 Å². The van der Waals surface area contributed by atoms with Gasteiger partial charge in [-0.15, -0.1) is 0 Å². The average molecular weight is 473 g/mol. The Hall–Kier alpha value is -3.58. The summed E-state index contributed by atoms with van der Waals surface area (Å²) in [4.78, 5) is 24.4. The van der Waals surface area contributed by atoms with Crippen LogP contribution >= 0.6 is 0 Å². The number of piperazine rings is 1. The molecule has 0 N–H and O–H groups in total. The molecule has 1 aromatic heterocycles. The second-order valence-corrected chi connectivity index (χ2v) is 9.00. The van der Waals surface area contributed by atoms with Crippen molar-refractivity contribution < 1.29 is 14.3 Å². The van der Waals surface area contributed by atoms with Crippen molar-refractivity contribution in [2.75, 3.05) is 58.4 Å². The number of hydrogen-bond acceptors (Lipinski definition) is 6. The van der Waals surface area contributed by atoms with Gasteiger partial charge in [0.2, 0.25) is 5.91 Å². The summed E-state index contributed by atoms with van der Waals surface area (Å²) in [6, 6.07) is 20.5. The van der Waals surface area contributed by atoms with Crippen LogP contribution in [0.1, 0.15) is 22.7 Å². The number of anilines is 1. The SMILES string of the molecule is COc1cc2c(cc1OC)C(c1ccccc1)N(CC(=O)N1CCN(c3ccccn3)CC1)CC2. The van der Waals surface area contributed by atoms with Crippen LogP contribution in [0, 0.1) is 0 Å². The van der Waals surface area contributed by atoms with E-state index in [9.17, 15) is 4.79 Å². The van der Waals surface area contributed by atoms with Gasteiger partial charge in [-0.3, -0.25) is 9.69 Å². The van der Waals surface area contributed by atoms with Crippen LogP contribution < -0.4 is 14.4 Å². The first-order valence-corrected chi connectivity index (χ1v) is 12.2. The number of carbonyl (C=O) groups excluding carboxylic acids is 1. The van der Waals surface area contributed by atoms with Gasteiger partial charge in [-0.25, -0.2) is 4.98 Å². The first kappa shape index (κ1) is 23.2. The first-order valence-electron chi connectivity index (χ1n) is 12.2. The number of amides is 1. The van der Waals surface area contributed by atoms with Crippen molar-refractivity contribution in [2.45, 2.75) is 12.5 Å². The summed E-state index contributed by atoms with van der Waals surface area (Å²) >= 11 is 0. The van der Waals surface area contributed by atoms with Crippen LogP contribution in [-0.4, -0.2) is 74.2 Å². The van der Waals surface area contributed by atoms with Gasteiger partial charge in [-0.1, -0.05) is 36.4 Å². The van der Waals surface area contributed by atoms with Crippen molar-refractivity contribution in [1.29, 1.82) is 0 Å². The normalized spacial score (nSPS) is 18.2. The van der Waals surface area contributed by atoms with Gasteiger partial charge in [0.05, 0.1) is 26.8 Å². The third kappa shape index (κ3) is 4.82. The van der Waals surface area contributed by atoms with Gasteiger partial charge in [0, 0.05) is 38.9 Å². The third-order valence-electron chi connectivity index (χ3n) is 7.03. The van der Waals surface area contributed by atoms with Crippen molar-refractivity contribution in [1.82, 2.24) is 14.8 Å². The van der Waals surface area contributed by atoms with E-state index in [0.29, 0.717) is 25.4 Å². The lowest BCUT2D eigenvalue weighted by molar-refractivity contribution is -0.133. The molecule has 2 aliphatic rings. The molecule has 35 heavy (non-hydrogen) atoms. The van der Waals surface area contributed by atoms with Crippen LogP contribution in [0.15, 0.2) is 66.9 Å². The van der Waals surface area contributed by atoms with E-state index in [1.807, 2.05) is 35.4 Å². The fourth-order valence-electron chi connectivity index (χ4n) is 5.19. The van der Waals surface area contributed by atoms with Gasteiger partial charge in [0.15, 0.2) is 11.5 Å². The second kappa shape index (κ2) is 10.4. The molecule has 1 amide bonds. The molecule has 0 radical (unpaired) electrons. The van der Waals surface area contributed by atoms with Crippen LogP contribution in [0.25, 0.3) is 0 Å². The van der Waals surface area contributed by atoms with E-state index in [-0.39, 0.29) is 11.9 Å². The highest BCUT2D eigenvalue weighted by molar-refractivity contribution is 5.79. The Bertz CT molecular complexity index is 1150. The van der Waals surface area contributed by atoms with E-state index in [1.165, 1.54) is 16.7 Å². The minimum absolute atomic E-state index is 0.0153. The summed E-state index contributed by atoms with van der Waals surface area (Å²) in [7, 11) is 3.33. The average Bonchev–Trinajstić information content (AvgIpc) is 2.93. The largest absolute Gasteiger partial charge is 0.493 e. The van der Waals surface area contributed by atoms with E-state index in [4.69, 9.17) is 9.47 Å². The first-order chi connectivity index (χ1) is 17.2. The van der Waals surface area contributed by atoms with Gasteiger partial charge in [-0.2, -0.15) is 0 Å². The zero-order chi connectivity index (χ0) is 24.2. The molecule has 1 atom stereocenters. The summed E-state index contributed by atoms with van der Waals surface area (Å²) in [5.41, 5.74) is 3.59. The molecule has 1 unspecified atom stereocenters. The molecule has 0 spiro atoms. The summed E-state index contributed by atoms with van der Waals surface area (Å²) < 4.78 is 11.2. The van der Waals surface area contributed by atoms with Gasteiger partial charge >= 0.3 is 0 Å². The highest BCUT2D eigenvalue weighted by atomic mass is 16.5. The fourth-order valence-corrected chi connectivity index (χ4v) is 5.19. The maximum atomic E-state index is 13.4. The molecule has 7 nitrogen and oxygen atoms in total. The molecule has 3 aromatic rings. The Kier molecular flexibility index (Phi) is 6.86. The van der Waals surface area contributed by atoms with E-state index in [0.717, 1.165) is 37.6 Å². The Labute approximate surface area is 206 Å². The molecule has 2 aliphatic heterocycles. The van der Waals surface area contributed by atoms with Gasteiger partial charge in [0.25, 0.3) is 0 Å². The van der Waals surface area contributed by atoms with Gasteiger partial charge < -0.3 is 19.3 Å². The number of benzene rings is 2. The number of pyridine rings is 1. The van der Waals surface area contributed by atoms with Gasteiger partial charge in [-0.05, 0) is 47.4 Å². The van der Waals surface area contributed by atoms with E-state index >= 15 is 0 Å². The zero-order valence-electron chi connectivity index (χ0n) is 20.4. The lowest BCUT2D eigenvalue weighted by Gasteiger charge is -2.40. The van der Waals surface area contributed by atoms with Crippen LogP contribution in [0.5, 0.6) is 11.5 Å². The summed E-state index contributed by atoms with van der Waals surface area (Å²) in [6.45, 7) is 4.20. The lowest BCUT2D eigenvalue weighted by Crippen LogP contribution is -2.52. The predicted octanol–water partition coefficient (Wildman–Crippen LogP) is 3.40. The molecule has 0 saturated carbocycles. The quantitative estimate of drug-likeness (QED) is 0.548. The van der Waals surface area contributed by atoms with Crippen molar-refractivity contribution in [3.8, 4) is 11.5 Å². The fraction of sp³-hybridized carbons (Fsp3) is 0.357. The van der Waals surface area contributed by atoms with E-state index < -0.39 is 0 Å². The summed E-state index contributed by atoms with van der Waals surface area (Å²) in [5, 5.41) is 0. The molecule has 3 heterocycles. The standard InChI is InChI=1S/C28H32N4O3/c1-34-24-18-22-11-13-32(28(21-8-4-3-5-9-21)23(22)19-25(24)35-2)20-27(33)31-16-14-30(15-17-31)26-10-6-7-12-29-26/h3-10,12,18-19,28H,11,13-17,20H2,1-2H3. The second-order valence-electron chi connectivity index (χ2n) is 9.00. The molecule has 1 fully saturated rings. The number of carbonyl (C=O) groups is 1. The number of aromatic nitrogens is 1. The molecule has 7 heteroatoms. The van der Waals surface area contributed by atoms with E-state index in [1.54, 1.807) is 14.2 Å². The molecule has 1 saturated heterocycles. The third-order valence-corrected chi connectivity index (χ3v) is 7.03. The number of nitrogens with zero attached hydrogens (tertiary/aromatic N) is 4. The Balaban J connectivity index is 1.35. The lowest BCUT2D eigenvalue weighted by atomic mass is 9.87. The number of methoxy groups -OCH3 is 2. The minimum Gasteiger partial charge on any atom is -0.493 e. The van der Waals surface area contributed by atoms with Crippen LogP contribution in [-0.2, 0) is 11.2 Å². The van der Waals surface area contributed by atoms with Crippen molar-refractivity contribution in [3.63, 3.8) is 0 Å². The highest BCUT2D eigenvalue weighted by Crippen LogP contribution is 2.40. The van der Waals surface area contributed by atoms with Crippen LogP contribution in [0.3, 0.4) is 0 Å². The van der Waals surface area contributed by atoms with Crippen LogP contribution in [0.2, 0.25) is 0 Å². The van der Waals surface area contributed by atoms with Crippen LogP contribution in [0.4, 0.5) is 5.82 Å². The van der Waals surface area contributed by atoms with E-state index in [2.05, 4.69) is 51.2 Å². The highest BCUT2D eigenvalue weighted by Gasteiger charge is 2.33. The molecule has 2 aromatic carbocycles. The van der Waals surface area contributed by atoms with Gasteiger partial charge in [0.1, 0.15) is 5.82 Å². The zero-order valence-corrected chi connectivity index (χ0v) is 20.4. The maximum absolute atomic E-state index is 13.4. The number of fused-ring (bicyclic) bond motifs is 1. The monoisotopic (exact) mass is 472 g/mol. The predicted molar refractivity (Wildman–Crippen MR) is 136 cm³/mol. The smallest absolute Gasteiger partial charge is 0.236 e. The van der Waals surface area contributed by atoms with Crippen molar-refractivity contribution in [3.05, 3.63) is 83.6 Å². The number of hydrogen-bond donors (Lipinski definition) is 0. The molecule has 182 valence electrons. The Morgan fingerprint density at radius 1 is 0.914 bits per heavy atom. The molecule has 0 aliphatic carbocycles. The maximum Gasteiger partial charge on any atom is 0.236 e.